The second kappa shape index (κ2) is 11.0. The Bertz CT molecular complexity index is 1170. The highest BCUT2D eigenvalue weighted by Crippen LogP contribution is 2.48. The maximum Gasteiger partial charge on any atom is 0.244 e. The Kier molecular flexibility index (Phi) is 7.94. The van der Waals surface area contributed by atoms with E-state index in [2.05, 4.69) is 16.4 Å². The highest BCUT2D eigenvalue weighted by molar-refractivity contribution is 5.91. The van der Waals surface area contributed by atoms with Crippen molar-refractivity contribution in [3.8, 4) is 0 Å². The molecule has 0 bridgehead atoms. The lowest BCUT2D eigenvalue weighted by molar-refractivity contribution is -0.534. The van der Waals surface area contributed by atoms with Crippen molar-refractivity contribution in [1.29, 1.82) is 0 Å². The number of amidine groups is 1. The summed E-state index contributed by atoms with van der Waals surface area (Å²) in [4.78, 5) is 15.9. The fourth-order valence-corrected chi connectivity index (χ4v) is 6.34. The summed E-state index contributed by atoms with van der Waals surface area (Å²) in [6.45, 7) is 4.87. The monoisotopic (exact) mass is 549 g/mol. The van der Waals surface area contributed by atoms with Crippen molar-refractivity contribution >= 4 is 11.7 Å². The smallest absolute Gasteiger partial charge is 0.244 e. The first kappa shape index (κ1) is 26.1. The van der Waals surface area contributed by atoms with Crippen molar-refractivity contribution in [2.45, 2.75) is 44.2 Å². The van der Waals surface area contributed by atoms with E-state index in [9.17, 15) is 9.18 Å². The van der Waals surface area contributed by atoms with Crippen molar-refractivity contribution in [1.82, 2.24) is 4.90 Å². The van der Waals surface area contributed by atoms with Gasteiger partial charge < -0.3 is 22.7 Å². The zero-order valence-corrected chi connectivity index (χ0v) is 22.2. The van der Waals surface area contributed by atoms with Crippen molar-refractivity contribution < 1.29 is 30.7 Å². The van der Waals surface area contributed by atoms with Crippen LogP contribution in [0.5, 0.6) is 0 Å². The fourth-order valence-electron chi connectivity index (χ4n) is 6.34. The zero-order valence-electron chi connectivity index (χ0n) is 20.6. The van der Waals surface area contributed by atoms with Crippen LogP contribution in [0.3, 0.4) is 0 Å². The predicted molar refractivity (Wildman–Crippen MR) is 137 cm³/mol. The third kappa shape index (κ3) is 4.71. The normalized spacial score (nSPS) is 19.9. The Morgan fingerprint density at radius 1 is 0.972 bits per heavy atom. The lowest BCUT2D eigenvalue weighted by Crippen LogP contribution is -3.00. The summed E-state index contributed by atoms with van der Waals surface area (Å²) in [5, 5.41) is 0. The van der Waals surface area contributed by atoms with E-state index in [1.165, 1.54) is 18.0 Å². The molecule has 3 aromatic rings. The molecule has 4 nitrogen and oxygen atoms in total. The number of amides is 1. The molecule has 36 heavy (non-hydrogen) atoms. The Labute approximate surface area is 223 Å². The second-order valence-electron chi connectivity index (χ2n) is 9.86. The third-order valence-electron chi connectivity index (χ3n) is 8.08. The molecule has 2 unspecified atom stereocenters. The summed E-state index contributed by atoms with van der Waals surface area (Å²) in [5.74, 6) is 0.891. The number of hydrogen-bond donors (Lipinski definition) is 1. The van der Waals surface area contributed by atoms with Crippen LogP contribution >= 0.6 is 0 Å². The minimum Gasteiger partial charge on any atom is -1.00 e. The Morgan fingerprint density at radius 3 is 2.11 bits per heavy atom. The number of nitrogens with zero attached hydrogens (tertiary/aromatic N) is 2. The first-order valence-corrected chi connectivity index (χ1v) is 12.5. The van der Waals surface area contributed by atoms with Crippen LogP contribution in [0.1, 0.15) is 42.9 Å². The number of halogens is 2. The van der Waals surface area contributed by atoms with Gasteiger partial charge in [0.05, 0.1) is 6.04 Å². The molecule has 2 atom stereocenters. The summed E-state index contributed by atoms with van der Waals surface area (Å²) in [5.41, 5.74) is 8.48. The Hall–Kier alpha value is -2.99. The van der Waals surface area contributed by atoms with Gasteiger partial charge in [-0.1, -0.05) is 72.8 Å². The number of carbonyl (C=O) groups excluding carboxylic acids is 1. The Balaban J connectivity index is 0.00000304. The van der Waals surface area contributed by atoms with E-state index in [-0.39, 0.29) is 34.6 Å². The van der Waals surface area contributed by atoms with Crippen molar-refractivity contribution in [2.75, 3.05) is 13.1 Å². The molecule has 1 fully saturated rings. The lowest BCUT2D eigenvalue weighted by Gasteiger charge is -2.37. The molecular weight excluding hydrogens is 517 g/mol. The molecule has 1 aliphatic carbocycles. The van der Waals surface area contributed by atoms with Gasteiger partial charge in [-0.15, -0.1) is 0 Å². The minimum atomic E-state index is -0.849. The van der Waals surface area contributed by atoms with Crippen molar-refractivity contribution in [3.05, 3.63) is 107 Å². The summed E-state index contributed by atoms with van der Waals surface area (Å²) in [6, 6.07) is 27.3. The molecule has 0 saturated heterocycles. The van der Waals surface area contributed by atoms with Crippen molar-refractivity contribution in [2.24, 2.45) is 11.7 Å². The van der Waals surface area contributed by atoms with Gasteiger partial charge in [-0.2, -0.15) is 0 Å². The molecule has 0 radical (unpaired) electrons. The molecule has 5 rings (SSSR count). The van der Waals surface area contributed by atoms with E-state index in [0.717, 1.165) is 55.6 Å². The summed E-state index contributed by atoms with van der Waals surface area (Å²) in [6.07, 6.45) is 2.88. The highest BCUT2D eigenvalue weighted by Gasteiger charge is 2.52. The Morgan fingerprint density at radius 2 is 1.56 bits per heavy atom. The molecule has 2 aliphatic rings. The molecule has 188 valence electrons. The van der Waals surface area contributed by atoms with Crippen LogP contribution in [0.15, 0.2) is 84.9 Å². The van der Waals surface area contributed by atoms with Gasteiger partial charge in [0.15, 0.2) is 0 Å². The van der Waals surface area contributed by atoms with Gasteiger partial charge in [0.1, 0.15) is 30.9 Å². The molecule has 1 saturated carbocycles. The minimum absolute atomic E-state index is 0. The van der Waals surface area contributed by atoms with Crippen LogP contribution in [-0.4, -0.2) is 40.3 Å². The van der Waals surface area contributed by atoms with Gasteiger partial charge in [0.2, 0.25) is 11.7 Å². The van der Waals surface area contributed by atoms with E-state index < -0.39 is 5.41 Å². The van der Waals surface area contributed by atoms with Gasteiger partial charge in [-0.3, -0.25) is 14.3 Å². The summed E-state index contributed by atoms with van der Waals surface area (Å²) < 4.78 is 15.7. The summed E-state index contributed by atoms with van der Waals surface area (Å²) in [7, 11) is 0. The molecule has 1 aliphatic heterocycles. The standard InChI is InChI=1S/C30H32FN3O.BrH/c1-22-33(21-23-12-15-27(31)16-13-23)18-19-34(22)28-17-14-26(20-28)30(29(32)35,24-8-4-2-5-9-24)25-10-6-3-7-11-25;/h2-13,15-16,26,28H,14,17-21H2,1H3,(H-,32,35);1H. The van der Waals surface area contributed by atoms with E-state index in [4.69, 9.17) is 5.73 Å². The van der Waals surface area contributed by atoms with E-state index in [1.54, 1.807) is 0 Å². The van der Waals surface area contributed by atoms with Crippen LogP contribution in [0.2, 0.25) is 0 Å². The molecule has 6 heteroatoms. The first-order valence-electron chi connectivity index (χ1n) is 12.5. The molecule has 1 heterocycles. The first-order chi connectivity index (χ1) is 17.0. The third-order valence-corrected chi connectivity index (χ3v) is 8.08. The van der Waals surface area contributed by atoms with Gasteiger partial charge in [0, 0.05) is 6.92 Å². The largest absolute Gasteiger partial charge is 1.00 e. The average Bonchev–Trinajstić information content (AvgIpc) is 3.49. The maximum absolute atomic E-state index is 13.3. The van der Waals surface area contributed by atoms with Gasteiger partial charge in [-0.05, 0) is 54.0 Å². The number of primary amides is 1. The quantitative estimate of drug-likeness (QED) is 0.456. The molecule has 3 aromatic carbocycles. The highest BCUT2D eigenvalue weighted by atomic mass is 79.9. The average molecular weight is 551 g/mol. The summed E-state index contributed by atoms with van der Waals surface area (Å²) >= 11 is 0. The lowest BCUT2D eigenvalue weighted by atomic mass is 9.64. The molecule has 0 spiro atoms. The SMILES string of the molecule is CC1=[N+](Cc2ccc(F)cc2)CCN1C1CCC(C(C(N)=O)(c2ccccc2)c2ccccc2)C1.[Br-]. The number of nitrogens with two attached hydrogens (primary N) is 1. The maximum atomic E-state index is 13.3. The van der Waals surface area contributed by atoms with Gasteiger partial charge >= 0.3 is 0 Å². The van der Waals surface area contributed by atoms with Gasteiger partial charge in [0.25, 0.3) is 0 Å². The zero-order chi connectivity index (χ0) is 24.4. The molecular formula is C30H33BrFN3O. The van der Waals surface area contributed by atoms with E-state index in [1.807, 2.05) is 72.8 Å². The number of rotatable bonds is 7. The molecule has 0 aromatic heterocycles. The fraction of sp³-hybridized carbons (Fsp3) is 0.333. The second-order valence-corrected chi connectivity index (χ2v) is 9.86. The number of hydrogen-bond acceptors (Lipinski definition) is 2. The van der Waals surface area contributed by atoms with Crippen LogP contribution in [-0.2, 0) is 16.8 Å². The number of benzene rings is 3. The van der Waals surface area contributed by atoms with E-state index >= 15 is 0 Å². The van der Waals surface area contributed by atoms with Crippen LogP contribution < -0.4 is 22.7 Å². The van der Waals surface area contributed by atoms with Gasteiger partial charge in [-0.25, -0.2) is 4.39 Å². The van der Waals surface area contributed by atoms with E-state index in [0.29, 0.717) is 6.04 Å². The van der Waals surface area contributed by atoms with Crippen LogP contribution in [0, 0.1) is 11.7 Å². The van der Waals surface area contributed by atoms with Crippen LogP contribution in [0.25, 0.3) is 0 Å². The van der Waals surface area contributed by atoms with Crippen LogP contribution in [0.4, 0.5) is 4.39 Å². The molecule has 1 amide bonds. The predicted octanol–water partition coefficient (Wildman–Crippen LogP) is 1.72. The van der Waals surface area contributed by atoms with Crippen molar-refractivity contribution in [3.63, 3.8) is 0 Å². The molecule has 2 N–H and O–H groups in total. The number of carbonyl (C=O) groups is 1. The topological polar surface area (TPSA) is 49.3 Å².